The summed E-state index contributed by atoms with van der Waals surface area (Å²) in [7, 11) is -3.50. The molecule has 0 saturated carbocycles. The third-order valence-electron chi connectivity index (χ3n) is 7.11. The molecule has 4 aromatic rings. The van der Waals surface area contributed by atoms with Crippen LogP contribution in [0.2, 0.25) is 0 Å². The van der Waals surface area contributed by atoms with E-state index in [0.29, 0.717) is 11.3 Å². The van der Waals surface area contributed by atoms with E-state index in [2.05, 4.69) is 20.2 Å². The molecular weight excluding hydrogens is 516 g/mol. The van der Waals surface area contributed by atoms with E-state index in [4.69, 9.17) is 14.7 Å². The van der Waals surface area contributed by atoms with Crippen molar-refractivity contribution in [2.75, 3.05) is 23.8 Å². The maximum atomic E-state index is 12.9. The van der Waals surface area contributed by atoms with Crippen LogP contribution < -0.4 is 10.2 Å². The molecule has 1 N–H and O–H groups in total. The van der Waals surface area contributed by atoms with E-state index in [9.17, 15) is 13.2 Å². The van der Waals surface area contributed by atoms with Crippen molar-refractivity contribution < 1.29 is 17.9 Å². The predicted octanol–water partition coefficient (Wildman–Crippen LogP) is 3.35. The van der Waals surface area contributed by atoms with Gasteiger partial charge < -0.3 is 15.0 Å². The average Bonchev–Trinajstić information content (AvgIpc) is 3.08. The van der Waals surface area contributed by atoms with Crippen LogP contribution in [-0.4, -0.2) is 53.2 Å². The number of carbonyl (C=O) groups is 1. The molecule has 1 amide bonds. The van der Waals surface area contributed by atoms with Crippen LogP contribution in [0.4, 0.5) is 11.6 Å². The van der Waals surface area contributed by atoms with Crippen molar-refractivity contribution in [3.63, 3.8) is 0 Å². The summed E-state index contributed by atoms with van der Waals surface area (Å²) in [6.07, 6.45) is 3.68. The number of anilines is 2. The summed E-state index contributed by atoms with van der Waals surface area (Å²) in [5.74, 6) is 1.97. The number of rotatable bonds is 4. The Morgan fingerprint density at radius 3 is 2.85 bits per heavy atom. The topological polar surface area (TPSA) is 127 Å². The molecule has 39 heavy (non-hydrogen) atoms. The molecule has 2 aliphatic heterocycles. The van der Waals surface area contributed by atoms with Gasteiger partial charge in [-0.1, -0.05) is 6.07 Å². The van der Waals surface area contributed by atoms with Gasteiger partial charge in [-0.05, 0) is 62.6 Å². The molecule has 200 valence electrons. The highest BCUT2D eigenvalue weighted by Gasteiger charge is 2.25. The molecule has 0 fully saturated rings. The molecule has 0 aliphatic carbocycles. The number of amides is 1. The Balaban J connectivity index is 1.23. The van der Waals surface area contributed by atoms with Gasteiger partial charge in [0.15, 0.2) is 9.84 Å². The highest BCUT2D eigenvalue weighted by molar-refractivity contribution is 7.91. The number of ether oxygens (including phenoxy) is 1. The van der Waals surface area contributed by atoms with Crippen molar-refractivity contribution in [1.82, 2.24) is 25.3 Å². The quantitative estimate of drug-likeness (QED) is 0.411. The van der Waals surface area contributed by atoms with E-state index in [1.165, 1.54) is 6.07 Å². The number of aromatic nitrogens is 4. The Hall–Kier alpha value is -3.96. The second-order valence-corrected chi connectivity index (χ2v) is 11.9. The number of pyridine rings is 2. The molecule has 1 aromatic carbocycles. The van der Waals surface area contributed by atoms with Gasteiger partial charge in [0.25, 0.3) is 5.91 Å². The van der Waals surface area contributed by atoms with Crippen molar-refractivity contribution >= 4 is 38.3 Å². The molecule has 11 heteroatoms. The lowest BCUT2D eigenvalue weighted by atomic mass is 10.0. The molecule has 3 aromatic heterocycles. The Kier molecular flexibility index (Phi) is 6.48. The highest BCUT2D eigenvalue weighted by atomic mass is 32.2. The van der Waals surface area contributed by atoms with E-state index in [1.807, 2.05) is 32.0 Å². The lowest BCUT2D eigenvalue weighted by Crippen LogP contribution is -2.28. The van der Waals surface area contributed by atoms with Crippen LogP contribution in [-0.2, 0) is 34.1 Å². The summed E-state index contributed by atoms with van der Waals surface area (Å²) in [6.45, 7) is 5.26. The number of nitrogens with zero attached hydrogens (tertiary/aromatic N) is 5. The first kappa shape index (κ1) is 25.3. The van der Waals surface area contributed by atoms with Gasteiger partial charge in [0.1, 0.15) is 17.5 Å². The zero-order valence-electron chi connectivity index (χ0n) is 21.8. The van der Waals surface area contributed by atoms with Crippen LogP contribution in [0.1, 0.15) is 45.1 Å². The van der Waals surface area contributed by atoms with E-state index in [-0.39, 0.29) is 41.9 Å². The third kappa shape index (κ3) is 4.95. The molecule has 2 aliphatic rings. The Morgan fingerprint density at radius 2 is 1.97 bits per heavy atom. The van der Waals surface area contributed by atoms with Gasteiger partial charge >= 0.3 is 0 Å². The highest BCUT2D eigenvalue weighted by Crippen LogP contribution is 2.33. The maximum Gasteiger partial charge on any atom is 0.251 e. The van der Waals surface area contributed by atoms with Crippen LogP contribution in [0.5, 0.6) is 0 Å². The van der Waals surface area contributed by atoms with Crippen LogP contribution in [0.25, 0.3) is 10.9 Å². The first-order chi connectivity index (χ1) is 18.8. The van der Waals surface area contributed by atoms with Gasteiger partial charge in [0.2, 0.25) is 0 Å². The zero-order valence-corrected chi connectivity index (χ0v) is 22.6. The fourth-order valence-electron chi connectivity index (χ4n) is 5.11. The molecule has 0 unspecified atom stereocenters. The summed E-state index contributed by atoms with van der Waals surface area (Å²) >= 11 is 0. The van der Waals surface area contributed by atoms with E-state index in [0.717, 1.165) is 59.0 Å². The van der Waals surface area contributed by atoms with E-state index < -0.39 is 9.84 Å². The summed E-state index contributed by atoms with van der Waals surface area (Å²) in [4.78, 5) is 33.8. The number of benzene rings is 1. The molecule has 0 saturated heterocycles. The normalized spacial score (nSPS) is 16.3. The maximum absolute atomic E-state index is 12.9. The van der Waals surface area contributed by atoms with Crippen LogP contribution in [0.15, 0.2) is 47.5 Å². The van der Waals surface area contributed by atoms with Gasteiger partial charge in [-0.25, -0.2) is 23.4 Å². The minimum Gasteiger partial charge on any atom is -0.376 e. The molecule has 0 atom stereocenters. The SMILES string of the molecule is Cc1nc(C)c2c(n1)N(c1ccc3cnc(CNC(=O)c4ccc5c(c4)S(=O)(=O)CCOC5)cc3n1)CCC2. The Labute approximate surface area is 226 Å². The van der Waals surface area contributed by atoms with Crippen molar-refractivity contribution in [2.24, 2.45) is 0 Å². The number of sulfone groups is 1. The fourth-order valence-corrected chi connectivity index (χ4v) is 6.50. The lowest BCUT2D eigenvalue weighted by Gasteiger charge is -2.30. The second-order valence-electron chi connectivity index (χ2n) is 9.83. The summed E-state index contributed by atoms with van der Waals surface area (Å²) in [6, 6.07) is 10.5. The number of hydrogen-bond donors (Lipinski definition) is 1. The zero-order chi connectivity index (χ0) is 27.1. The number of aryl methyl sites for hydroxylation is 2. The summed E-state index contributed by atoms with van der Waals surface area (Å²) in [5, 5.41) is 3.74. The van der Waals surface area contributed by atoms with E-state index in [1.54, 1.807) is 18.3 Å². The van der Waals surface area contributed by atoms with Crippen LogP contribution >= 0.6 is 0 Å². The standard InChI is InChI=1S/C28H28N6O4S/c1-17-23-4-3-9-34(27(23)32-18(2)31-17)26-8-7-20-14-29-22(13-24(20)33-26)15-30-28(35)19-5-6-21-16-38-10-11-39(36,37)25(21)12-19/h5-8,12-14H,3-4,9-11,15-16H2,1-2H3,(H,30,35). The minimum atomic E-state index is -3.50. The smallest absolute Gasteiger partial charge is 0.251 e. The number of hydrogen-bond acceptors (Lipinski definition) is 9. The van der Waals surface area contributed by atoms with Gasteiger partial charge in [-0.2, -0.15) is 0 Å². The average molecular weight is 545 g/mol. The molecule has 6 rings (SSSR count). The first-order valence-electron chi connectivity index (χ1n) is 12.9. The van der Waals surface area contributed by atoms with Crippen molar-refractivity contribution in [1.29, 1.82) is 0 Å². The van der Waals surface area contributed by atoms with Gasteiger partial charge in [0.05, 0.1) is 41.6 Å². The molecular formula is C28H28N6O4S. The van der Waals surface area contributed by atoms with Crippen LogP contribution in [0.3, 0.4) is 0 Å². The van der Waals surface area contributed by atoms with Gasteiger partial charge in [-0.3, -0.25) is 9.78 Å². The largest absolute Gasteiger partial charge is 0.376 e. The Bertz CT molecular complexity index is 1720. The first-order valence-corrected chi connectivity index (χ1v) is 14.5. The summed E-state index contributed by atoms with van der Waals surface area (Å²) < 4.78 is 30.5. The number of nitrogens with one attached hydrogen (secondary N) is 1. The van der Waals surface area contributed by atoms with Crippen molar-refractivity contribution in [2.45, 2.75) is 44.7 Å². The minimum absolute atomic E-state index is 0.101. The monoisotopic (exact) mass is 544 g/mol. The number of fused-ring (bicyclic) bond motifs is 3. The van der Waals surface area contributed by atoms with Crippen molar-refractivity contribution in [3.8, 4) is 0 Å². The van der Waals surface area contributed by atoms with Gasteiger partial charge in [-0.15, -0.1) is 0 Å². The van der Waals surface area contributed by atoms with Crippen molar-refractivity contribution in [3.05, 3.63) is 76.5 Å². The molecule has 10 nitrogen and oxygen atoms in total. The summed E-state index contributed by atoms with van der Waals surface area (Å²) in [5.41, 5.74) is 4.41. The molecule has 5 heterocycles. The molecule has 0 spiro atoms. The Morgan fingerprint density at radius 1 is 1.10 bits per heavy atom. The van der Waals surface area contributed by atoms with Crippen LogP contribution in [0, 0.1) is 13.8 Å². The second kappa shape index (κ2) is 9.97. The van der Waals surface area contributed by atoms with Gasteiger partial charge in [0, 0.05) is 34.9 Å². The van der Waals surface area contributed by atoms with E-state index >= 15 is 0 Å². The molecule has 0 radical (unpaired) electrons. The fraction of sp³-hybridized carbons (Fsp3) is 0.321. The predicted molar refractivity (Wildman–Crippen MR) is 146 cm³/mol. The number of carbonyl (C=O) groups excluding carboxylic acids is 1. The third-order valence-corrected chi connectivity index (χ3v) is 8.86. The lowest BCUT2D eigenvalue weighted by molar-refractivity contribution is 0.0950. The molecule has 0 bridgehead atoms.